The Labute approximate surface area is 190 Å². The average Bonchev–Trinajstić information content (AvgIpc) is 3.37. The van der Waals surface area contributed by atoms with Gasteiger partial charge in [-0.25, -0.2) is 9.88 Å². The normalized spacial score (nSPS) is 18.1. The fourth-order valence-electron chi connectivity index (χ4n) is 4.72. The van der Waals surface area contributed by atoms with Crippen LogP contribution in [0.15, 0.2) is 78.9 Å². The molecule has 1 unspecified atom stereocenters. The monoisotopic (exact) mass is 438 g/mol. The minimum Gasteiger partial charge on any atom is -0.457 e. The maximum atomic E-state index is 13.4. The van der Waals surface area contributed by atoms with Crippen LogP contribution in [0.5, 0.6) is 11.5 Å². The van der Waals surface area contributed by atoms with Gasteiger partial charge in [0.1, 0.15) is 17.5 Å². The number of benzene rings is 3. The highest BCUT2D eigenvalue weighted by Crippen LogP contribution is 2.33. The minimum absolute atomic E-state index is 0.143. The molecule has 0 N–H and O–H groups in total. The zero-order valence-electron chi connectivity index (χ0n) is 17.9. The first-order chi connectivity index (χ1) is 16.2. The molecule has 164 valence electrons. The van der Waals surface area contributed by atoms with E-state index >= 15 is 0 Å². The first-order valence-electron chi connectivity index (χ1n) is 11.1. The molecule has 1 aromatic heterocycles. The summed E-state index contributed by atoms with van der Waals surface area (Å²) >= 11 is 0. The van der Waals surface area contributed by atoms with E-state index in [2.05, 4.69) is 4.57 Å². The first kappa shape index (κ1) is 19.5. The lowest BCUT2D eigenvalue weighted by atomic mass is 10.2. The summed E-state index contributed by atoms with van der Waals surface area (Å²) in [6.45, 7) is 1.55. The van der Waals surface area contributed by atoms with Gasteiger partial charge in [0.25, 0.3) is 5.91 Å². The summed E-state index contributed by atoms with van der Waals surface area (Å²) in [5, 5.41) is 0. The van der Waals surface area contributed by atoms with Crippen LogP contribution in [-0.4, -0.2) is 34.0 Å². The summed E-state index contributed by atoms with van der Waals surface area (Å²) < 4.78 is 7.97. The lowest BCUT2D eigenvalue weighted by Crippen LogP contribution is -2.46. The van der Waals surface area contributed by atoms with Crippen molar-refractivity contribution in [2.24, 2.45) is 0 Å². The highest BCUT2D eigenvalue weighted by molar-refractivity contribution is 6.23. The number of fused-ring (bicyclic) bond motifs is 3. The number of imide groups is 1. The van der Waals surface area contributed by atoms with Gasteiger partial charge < -0.3 is 14.2 Å². The van der Waals surface area contributed by atoms with Gasteiger partial charge in [0, 0.05) is 13.1 Å². The highest BCUT2D eigenvalue weighted by Gasteiger charge is 2.44. The standard InChI is InChI=1S/C26H22N4O3/c31-24-17-23(29-16-6-15-28-22-10-5-4-9-21(22)27-26(28)29)25(32)30(24)18-11-13-20(14-12-18)33-19-7-2-1-3-8-19/h1-5,7-14,23H,6,15-17H2. The first-order valence-corrected chi connectivity index (χ1v) is 11.1. The molecule has 1 fully saturated rings. The molecule has 6 rings (SSSR count). The summed E-state index contributed by atoms with van der Waals surface area (Å²) in [6, 6.07) is 24.0. The number of ether oxygens (including phenoxy) is 1. The summed E-state index contributed by atoms with van der Waals surface area (Å²) in [7, 11) is 0. The second-order valence-corrected chi connectivity index (χ2v) is 8.30. The zero-order chi connectivity index (χ0) is 22.4. The molecule has 0 aliphatic carbocycles. The Hall–Kier alpha value is -4.13. The predicted octanol–water partition coefficient (Wildman–Crippen LogP) is 4.37. The minimum atomic E-state index is -0.548. The van der Waals surface area contributed by atoms with Gasteiger partial charge in [0.05, 0.1) is 23.1 Å². The van der Waals surface area contributed by atoms with Crippen LogP contribution >= 0.6 is 0 Å². The smallest absolute Gasteiger partial charge is 0.257 e. The zero-order valence-corrected chi connectivity index (χ0v) is 17.9. The van der Waals surface area contributed by atoms with E-state index in [4.69, 9.17) is 9.72 Å². The molecule has 4 aromatic rings. The van der Waals surface area contributed by atoms with Gasteiger partial charge in [-0.05, 0) is 55.0 Å². The largest absolute Gasteiger partial charge is 0.457 e. The Morgan fingerprint density at radius 2 is 1.55 bits per heavy atom. The number of para-hydroxylation sites is 3. The van der Waals surface area contributed by atoms with E-state index in [-0.39, 0.29) is 18.2 Å². The second kappa shape index (κ2) is 7.78. The summed E-state index contributed by atoms with van der Waals surface area (Å²) in [4.78, 5) is 34.4. The van der Waals surface area contributed by atoms with E-state index in [1.54, 1.807) is 24.3 Å². The van der Waals surface area contributed by atoms with Gasteiger partial charge in [-0.3, -0.25) is 9.59 Å². The van der Waals surface area contributed by atoms with Gasteiger partial charge in [-0.1, -0.05) is 30.3 Å². The van der Waals surface area contributed by atoms with E-state index in [1.165, 1.54) is 4.90 Å². The topological polar surface area (TPSA) is 67.7 Å². The van der Waals surface area contributed by atoms with E-state index in [9.17, 15) is 9.59 Å². The number of carbonyl (C=O) groups is 2. The molecule has 2 aliphatic rings. The molecule has 2 amide bonds. The molecule has 0 spiro atoms. The quantitative estimate of drug-likeness (QED) is 0.443. The molecule has 0 bridgehead atoms. The van der Waals surface area contributed by atoms with Crippen LogP contribution in [0.25, 0.3) is 11.0 Å². The van der Waals surface area contributed by atoms with Crippen molar-refractivity contribution < 1.29 is 14.3 Å². The fraction of sp³-hybridized carbons (Fsp3) is 0.192. The Balaban J connectivity index is 1.26. The van der Waals surface area contributed by atoms with Crippen LogP contribution in [0, 0.1) is 0 Å². The number of rotatable bonds is 4. The van der Waals surface area contributed by atoms with Crippen LogP contribution < -0.4 is 14.5 Å². The van der Waals surface area contributed by atoms with Gasteiger partial charge in [0.2, 0.25) is 11.9 Å². The number of nitrogens with zero attached hydrogens (tertiary/aromatic N) is 4. The Bertz CT molecular complexity index is 1350. The van der Waals surface area contributed by atoms with Crippen LogP contribution in [0.1, 0.15) is 12.8 Å². The van der Waals surface area contributed by atoms with Crippen molar-refractivity contribution in [3.05, 3.63) is 78.9 Å². The van der Waals surface area contributed by atoms with Crippen molar-refractivity contribution in [1.82, 2.24) is 9.55 Å². The van der Waals surface area contributed by atoms with Crippen LogP contribution in [0.2, 0.25) is 0 Å². The van der Waals surface area contributed by atoms with E-state index in [0.717, 1.165) is 35.7 Å². The molecule has 3 heterocycles. The predicted molar refractivity (Wildman–Crippen MR) is 126 cm³/mol. The second-order valence-electron chi connectivity index (χ2n) is 8.30. The van der Waals surface area contributed by atoms with E-state index < -0.39 is 6.04 Å². The van der Waals surface area contributed by atoms with Crippen molar-refractivity contribution in [3.8, 4) is 11.5 Å². The number of hydrogen-bond donors (Lipinski definition) is 0. The molecule has 3 aromatic carbocycles. The van der Waals surface area contributed by atoms with Gasteiger partial charge in [-0.2, -0.15) is 0 Å². The highest BCUT2D eigenvalue weighted by atomic mass is 16.5. The molecule has 7 heteroatoms. The summed E-state index contributed by atoms with van der Waals surface area (Å²) in [6.07, 6.45) is 1.04. The number of hydrogen-bond acceptors (Lipinski definition) is 5. The van der Waals surface area contributed by atoms with Gasteiger partial charge >= 0.3 is 0 Å². The van der Waals surface area contributed by atoms with E-state index in [0.29, 0.717) is 18.0 Å². The number of carbonyl (C=O) groups excluding carboxylic acids is 2. The van der Waals surface area contributed by atoms with Crippen LogP contribution in [-0.2, 0) is 16.1 Å². The molecule has 33 heavy (non-hydrogen) atoms. The number of aryl methyl sites for hydroxylation is 1. The third-order valence-corrected chi connectivity index (χ3v) is 6.24. The molecular weight excluding hydrogens is 416 g/mol. The molecule has 7 nitrogen and oxygen atoms in total. The molecule has 1 atom stereocenters. The van der Waals surface area contributed by atoms with Crippen molar-refractivity contribution >= 4 is 34.5 Å². The Kier molecular flexibility index (Phi) is 4.61. The van der Waals surface area contributed by atoms with Crippen molar-refractivity contribution in [3.63, 3.8) is 0 Å². The molecular formula is C26H22N4O3. The number of anilines is 2. The maximum absolute atomic E-state index is 13.4. The molecule has 0 radical (unpaired) electrons. The fourth-order valence-corrected chi connectivity index (χ4v) is 4.72. The lowest BCUT2D eigenvalue weighted by Gasteiger charge is -2.32. The maximum Gasteiger partial charge on any atom is 0.257 e. The van der Waals surface area contributed by atoms with Gasteiger partial charge in [-0.15, -0.1) is 0 Å². The third-order valence-electron chi connectivity index (χ3n) is 6.24. The molecule has 1 saturated heterocycles. The summed E-state index contributed by atoms with van der Waals surface area (Å²) in [5.74, 6) is 1.73. The lowest BCUT2D eigenvalue weighted by molar-refractivity contribution is -0.121. The van der Waals surface area contributed by atoms with E-state index in [1.807, 2.05) is 59.5 Å². The Morgan fingerprint density at radius 3 is 2.36 bits per heavy atom. The molecule has 2 aliphatic heterocycles. The Morgan fingerprint density at radius 1 is 0.818 bits per heavy atom. The third kappa shape index (κ3) is 3.33. The summed E-state index contributed by atoms with van der Waals surface area (Å²) in [5.41, 5.74) is 2.51. The van der Waals surface area contributed by atoms with Crippen molar-refractivity contribution in [1.29, 1.82) is 0 Å². The molecule has 0 saturated carbocycles. The number of aromatic nitrogens is 2. The van der Waals surface area contributed by atoms with Crippen molar-refractivity contribution in [2.75, 3.05) is 16.3 Å². The number of imidazole rings is 1. The van der Waals surface area contributed by atoms with Crippen LogP contribution in [0.3, 0.4) is 0 Å². The van der Waals surface area contributed by atoms with Crippen LogP contribution in [0.4, 0.5) is 11.6 Å². The number of amides is 2. The van der Waals surface area contributed by atoms with Crippen molar-refractivity contribution in [2.45, 2.75) is 25.4 Å². The average molecular weight is 438 g/mol. The SMILES string of the molecule is O=C1CC(N2CCCn3c2nc2ccccc23)C(=O)N1c1ccc(Oc2ccccc2)cc1. The van der Waals surface area contributed by atoms with Gasteiger partial charge in [0.15, 0.2) is 0 Å².